The summed E-state index contributed by atoms with van der Waals surface area (Å²) in [6.07, 6.45) is 8.53. The van der Waals surface area contributed by atoms with E-state index in [9.17, 15) is 9.90 Å². The lowest BCUT2D eigenvalue weighted by Crippen LogP contribution is -2.63. The van der Waals surface area contributed by atoms with Gasteiger partial charge in [-0.1, -0.05) is 20.3 Å². The van der Waals surface area contributed by atoms with Gasteiger partial charge in [-0.2, -0.15) is 0 Å². The Kier molecular flexibility index (Phi) is 5.41. The number of aliphatic hydroxyl groups is 1. The molecule has 33 heavy (non-hydrogen) atoms. The number of carbonyl (C=O) groups is 1. The Morgan fingerprint density at radius 1 is 1.06 bits per heavy atom. The van der Waals surface area contributed by atoms with Gasteiger partial charge in [-0.25, -0.2) is 4.79 Å². The first kappa shape index (κ1) is 23.2. The third-order valence-corrected chi connectivity index (χ3v) is 10.7. The molecule has 4 fully saturated rings. The van der Waals surface area contributed by atoms with Gasteiger partial charge >= 0.3 is 5.97 Å². The number of carbonyl (C=O) groups excluding carboxylic acids is 1. The van der Waals surface area contributed by atoms with Crippen LogP contribution in [-0.4, -0.2) is 36.4 Å². The molecular weight excluding hydrogens is 414 g/mol. The molecular formula is C28H41NO4. The molecule has 8 atom stereocenters. The molecule has 5 heteroatoms. The Morgan fingerprint density at radius 3 is 2.45 bits per heavy atom. The molecule has 1 aromatic rings. The second-order valence-corrected chi connectivity index (χ2v) is 12.5. The third-order valence-electron chi connectivity index (χ3n) is 10.7. The summed E-state index contributed by atoms with van der Waals surface area (Å²) in [5.41, 5.74) is 7.44. The van der Waals surface area contributed by atoms with Crippen LogP contribution in [0.2, 0.25) is 0 Å². The maximum absolute atomic E-state index is 12.9. The van der Waals surface area contributed by atoms with E-state index in [-0.39, 0.29) is 33.7 Å². The van der Waals surface area contributed by atoms with Crippen LogP contribution < -0.4 is 10.5 Å². The van der Waals surface area contributed by atoms with E-state index in [1.807, 2.05) is 0 Å². The van der Waals surface area contributed by atoms with Gasteiger partial charge in [-0.3, -0.25) is 0 Å². The second-order valence-electron chi connectivity index (χ2n) is 12.5. The molecule has 0 radical (unpaired) electrons. The minimum absolute atomic E-state index is 0.0130. The van der Waals surface area contributed by atoms with Gasteiger partial charge in [0.2, 0.25) is 0 Å². The number of esters is 1. The number of methoxy groups -OCH3 is 1. The predicted octanol–water partition coefficient (Wildman–Crippen LogP) is 4.95. The molecule has 0 saturated heterocycles. The normalized spacial score (nSPS) is 46.2. The van der Waals surface area contributed by atoms with Crippen molar-refractivity contribution in [3.05, 3.63) is 29.8 Å². The first-order chi connectivity index (χ1) is 15.6. The Balaban J connectivity index is 1.41. The van der Waals surface area contributed by atoms with Crippen LogP contribution in [0.15, 0.2) is 24.3 Å². The van der Waals surface area contributed by atoms with Crippen LogP contribution >= 0.6 is 0 Å². The molecule has 0 aromatic heterocycles. The van der Waals surface area contributed by atoms with Crippen molar-refractivity contribution in [3.8, 4) is 5.75 Å². The summed E-state index contributed by atoms with van der Waals surface area (Å²) in [5.74, 6) is 1.43. The molecule has 0 heterocycles. The van der Waals surface area contributed by atoms with Gasteiger partial charge in [0.25, 0.3) is 0 Å². The van der Waals surface area contributed by atoms with Crippen LogP contribution in [0.4, 0.5) is 0 Å². The van der Waals surface area contributed by atoms with Crippen molar-refractivity contribution in [2.45, 2.75) is 83.8 Å². The topological polar surface area (TPSA) is 81.8 Å². The van der Waals surface area contributed by atoms with E-state index in [1.165, 1.54) is 12.8 Å². The fraction of sp³-hybridized carbons (Fsp3) is 0.750. The summed E-state index contributed by atoms with van der Waals surface area (Å²) in [6, 6.07) is 7.03. The van der Waals surface area contributed by atoms with Crippen LogP contribution in [-0.2, 0) is 4.74 Å². The summed E-state index contributed by atoms with van der Waals surface area (Å²) < 4.78 is 11.1. The quantitative estimate of drug-likeness (QED) is 0.628. The number of hydrogen-bond donors (Lipinski definition) is 2. The minimum Gasteiger partial charge on any atom is -0.497 e. The van der Waals surface area contributed by atoms with Crippen LogP contribution in [0.5, 0.6) is 5.75 Å². The van der Waals surface area contributed by atoms with E-state index < -0.39 is 6.10 Å². The smallest absolute Gasteiger partial charge is 0.338 e. The second kappa shape index (κ2) is 7.71. The monoisotopic (exact) mass is 455 g/mol. The zero-order chi connectivity index (χ0) is 23.6. The lowest BCUT2D eigenvalue weighted by Gasteiger charge is -2.65. The first-order valence-electron chi connectivity index (χ1n) is 12.8. The summed E-state index contributed by atoms with van der Waals surface area (Å²) in [5, 5.41) is 11.6. The number of hydrogen-bond acceptors (Lipinski definition) is 5. The zero-order valence-electron chi connectivity index (χ0n) is 20.7. The standard InChI is InChI=1S/C28H41NO4/c1-25-14-10-22-26(2)12-5-13-27(3,29)21(26)11-15-28(22,17-25)20(23(25)30)16-33-24(31)18-6-8-19(32-4)9-7-18/h6-9,20-23,30H,5,10-17,29H2,1-4H3/t20-,21+,22+,23-,25+,26-,27-,28-/m1/s1. The molecule has 2 bridgehead atoms. The molecule has 0 unspecified atom stereocenters. The Bertz CT molecular complexity index is 913. The number of ether oxygens (including phenoxy) is 2. The molecule has 4 aliphatic rings. The SMILES string of the molecule is COc1ccc(C(=O)OC[C@@H]2[C@@H](O)[C@@]3(C)CC[C@H]4[C@]5(C)CCC[C@@](C)(N)[C@H]5CC[C@@]24C3)cc1. The average Bonchev–Trinajstić information content (AvgIpc) is 2.92. The van der Waals surface area contributed by atoms with Crippen LogP contribution in [0.1, 0.15) is 82.5 Å². The van der Waals surface area contributed by atoms with E-state index in [2.05, 4.69) is 20.8 Å². The van der Waals surface area contributed by atoms with E-state index >= 15 is 0 Å². The molecule has 182 valence electrons. The van der Waals surface area contributed by atoms with Crippen molar-refractivity contribution in [2.75, 3.05) is 13.7 Å². The van der Waals surface area contributed by atoms with Crippen molar-refractivity contribution in [2.24, 2.45) is 39.7 Å². The maximum Gasteiger partial charge on any atom is 0.338 e. The van der Waals surface area contributed by atoms with E-state index in [0.29, 0.717) is 29.8 Å². The number of nitrogens with two attached hydrogens (primary N) is 1. The van der Waals surface area contributed by atoms with Gasteiger partial charge in [-0.05, 0) is 104 Å². The summed E-state index contributed by atoms with van der Waals surface area (Å²) in [7, 11) is 1.61. The molecule has 0 amide bonds. The molecule has 3 N–H and O–H groups in total. The van der Waals surface area contributed by atoms with Gasteiger partial charge in [0, 0.05) is 11.5 Å². The molecule has 5 rings (SSSR count). The Hall–Kier alpha value is -1.59. The molecule has 5 nitrogen and oxygen atoms in total. The zero-order valence-corrected chi connectivity index (χ0v) is 20.7. The number of aliphatic hydroxyl groups excluding tert-OH is 1. The van der Waals surface area contributed by atoms with Crippen molar-refractivity contribution in [3.63, 3.8) is 0 Å². The third kappa shape index (κ3) is 3.36. The Morgan fingerprint density at radius 2 is 1.76 bits per heavy atom. The molecule has 4 saturated carbocycles. The van der Waals surface area contributed by atoms with E-state index in [0.717, 1.165) is 38.5 Å². The summed E-state index contributed by atoms with van der Waals surface area (Å²) >= 11 is 0. The number of fused-ring (bicyclic) bond motifs is 3. The average molecular weight is 456 g/mol. The maximum atomic E-state index is 12.9. The van der Waals surface area contributed by atoms with Gasteiger partial charge < -0.3 is 20.3 Å². The molecule has 1 spiro atoms. The van der Waals surface area contributed by atoms with Crippen molar-refractivity contribution >= 4 is 5.97 Å². The minimum atomic E-state index is -0.431. The van der Waals surface area contributed by atoms with Crippen molar-refractivity contribution in [1.82, 2.24) is 0 Å². The van der Waals surface area contributed by atoms with Gasteiger partial charge in [-0.15, -0.1) is 0 Å². The van der Waals surface area contributed by atoms with Crippen LogP contribution in [0.25, 0.3) is 0 Å². The predicted molar refractivity (Wildman–Crippen MR) is 128 cm³/mol. The lowest BCUT2D eigenvalue weighted by molar-refractivity contribution is -0.151. The van der Waals surface area contributed by atoms with Gasteiger partial charge in [0.1, 0.15) is 5.75 Å². The van der Waals surface area contributed by atoms with Crippen LogP contribution in [0.3, 0.4) is 0 Å². The fourth-order valence-corrected chi connectivity index (χ4v) is 9.28. The number of benzene rings is 1. The summed E-state index contributed by atoms with van der Waals surface area (Å²) in [6.45, 7) is 7.29. The number of rotatable bonds is 4. The highest BCUT2D eigenvalue weighted by atomic mass is 16.5. The van der Waals surface area contributed by atoms with E-state index in [4.69, 9.17) is 15.2 Å². The highest BCUT2D eigenvalue weighted by Crippen LogP contribution is 2.74. The largest absolute Gasteiger partial charge is 0.497 e. The van der Waals surface area contributed by atoms with Crippen LogP contribution in [0, 0.1) is 34.0 Å². The highest BCUT2D eigenvalue weighted by Gasteiger charge is 2.70. The van der Waals surface area contributed by atoms with Crippen molar-refractivity contribution in [1.29, 1.82) is 0 Å². The van der Waals surface area contributed by atoms with E-state index in [1.54, 1.807) is 31.4 Å². The molecule has 0 aliphatic heterocycles. The molecule has 4 aliphatic carbocycles. The first-order valence-corrected chi connectivity index (χ1v) is 12.8. The molecule has 1 aromatic carbocycles. The van der Waals surface area contributed by atoms with Gasteiger partial charge in [0.15, 0.2) is 0 Å². The van der Waals surface area contributed by atoms with Gasteiger partial charge in [0.05, 0.1) is 25.4 Å². The van der Waals surface area contributed by atoms with Crippen molar-refractivity contribution < 1.29 is 19.4 Å². The Labute approximate surface area is 198 Å². The lowest BCUT2D eigenvalue weighted by atomic mass is 9.41. The summed E-state index contributed by atoms with van der Waals surface area (Å²) in [4.78, 5) is 12.9. The fourth-order valence-electron chi connectivity index (χ4n) is 9.28. The highest BCUT2D eigenvalue weighted by molar-refractivity contribution is 5.89.